The van der Waals surface area contributed by atoms with Gasteiger partial charge in [-0.2, -0.15) is 0 Å². The molecule has 0 aliphatic heterocycles. The first-order chi connectivity index (χ1) is 17.9. The topological polar surface area (TPSA) is 115 Å². The highest BCUT2D eigenvalue weighted by atomic mass is 32.2. The summed E-state index contributed by atoms with van der Waals surface area (Å²) in [4.78, 5) is 22.1. The Hall–Kier alpha value is -4.18. The SMILES string of the molecule is COc1c(NC(=O)c2ccc(C)c(-n3cnc(-c4cccnc4)c3)c2)cc(C(C)(C)C)cc1NS(C)(=O)=O. The molecule has 4 aromatic rings. The van der Waals surface area contributed by atoms with E-state index in [0.29, 0.717) is 11.3 Å². The first-order valence-corrected chi connectivity index (χ1v) is 13.8. The zero-order valence-electron chi connectivity index (χ0n) is 22.2. The Bertz CT molecular complexity index is 1590. The largest absolute Gasteiger partial charge is 0.492 e. The monoisotopic (exact) mass is 533 g/mol. The van der Waals surface area contributed by atoms with Crippen LogP contribution in [-0.2, 0) is 15.4 Å². The number of hydrogen-bond donors (Lipinski definition) is 2. The highest BCUT2D eigenvalue weighted by Gasteiger charge is 2.22. The van der Waals surface area contributed by atoms with Crippen LogP contribution in [0.4, 0.5) is 11.4 Å². The summed E-state index contributed by atoms with van der Waals surface area (Å²) < 4.78 is 33.9. The summed E-state index contributed by atoms with van der Waals surface area (Å²) in [6.07, 6.45) is 8.11. The highest BCUT2D eigenvalue weighted by molar-refractivity contribution is 7.92. The molecule has 2 aromatic heterocycles. The number of ether oxygens (including phenoxy) is 1. The van der Waals surface area contributed by atoms with E-state index in [2.05, 4.69) is 20.0 Å². The summed E-state index contributed by atoms with van der Waals surface area (Å²) in [5.74, 6) is -0.145. The van der Waals surface area contributed by atoms with Crippen LogP contribution in [0, 0.1) is 6.92 Å². The first kappa shape index (κ1) is 26.9. The lowest BCUT2D eigenvalue weighted by Crippen LogP contribution is -2.18. The quantitative estimate of drug-likeness (QED) is 0.339. The maximum absolute atomic E-state index is 13.4. The number of amides is 1. The Kier molecular flexibility index (Phi) is 7.28. The van der Waals surface area contributed by atoms with Crippen molar-refractivity contribution in [3.63, 3.8) is 0 Å². The van der Waals surface area contributed by atoms with E-state index in [9.17, 15) is 13.2 Å². The molecule has 198 valence electrons. The number of carbonyl (C=O) groups excluding carboxylic acids is 1. The van der Waals surface area contributed by atoms with Gasteiger partial charge in [0.1, 0.15) is 0 Å². The van der Waals surface area contributed by atoms with Crippen LogP contribution >= 0.6 is 0 Å². The Labute approximate surface area is 223 Å². The smallest absolute Gasteiger partial charge is 0.255 e. The third kappa shape index (κ3) is 6.03. The number of imidazole rings is 1. The van der Waals surface area contributed by atoms with Gasteiger partial charge >= 0.3 is 0 Å². The number of sulfonamides is 1. The molecule has 10 heteroatoms. The van der Waals surface area contributed by atoms with Crippen molar-refractivity contribution >= 4 is 27.3 Å². The third-order valence-corrected chi connectivity index (χ3v) is 6.58. The highest BCUT2D eigenvalue weighted by Crippen LogP contribution is 2.39. The standard InChI is InChI=1S/C28H31N5O4S/c1-18-9-10-19(12-25(18)33-16-24(30-17-33)20-8-7-11-29-15-20)27(34)31-22-13-21(28(2,3)4)14-23(26(22)37-5)32-38(6,35)36/h7-17,32H,1-6H3,(H,31,34). The second-order valence-electron chi connectivity index (χ2n) is 10.1. The summed E-state index contributed by atoms with van der Waals surface area (Å²) in [5.41, 5.74) is 4.96. The molecule has 0 atom stereocenters. The summed E-state index contributed by atoms with van der Waals surface area (Å²) >= 11 is 0. The molecule has 0 aliphatic rings. The van der Waals surface area contributed by atoms with E-state index < -0.39 is 10.0 Å². The van der Waals surface area contributed by atoms with E-state index in [-0.39, 0.29) is 22.8 Å². The van der Waals surface area contributed by atoms with E-state index >= 15 is 0 Å². The minimum Gasteiger partial charge on any atom is -0.492 e. The molecule has 0 radical (unpaired) electrons. The lowest BCUT2D eigenvalue weighted by molar-refractivity contribution is 0.102. The van der Waals surface area contributed by atoms with E-state index in [4.69, 9.17) is 4.74 Å². The minimum absolute atomic E-state index is 0.222. The molecule has 9 nitrogen and oxygen atoms in total. The molecular formula is C28H31N5O4S. The van der Waals surface area contributed by atoms with Gasteiger partial charge in [-0.25, -0.2) is 13.4 Å². The number of nitrogens with zero attached hydrogens (tertiary/aromatic N) is 3. The van der Waals surface area contributed by atoms with Gasteiger partial charge in [0.25, 0.3) is 5.91 Å². The summed E-state index contributed by atoms with van der Waals surface area (Å²) in [7, 11) is -2.16. The van der Waals surface area contributed by atoms with Crippen LogP contribution < -0.4 is 14.8 Å². The zero-order valence-corrected chi connectivity index (χ0v) is 23.1. The normalized spacial score (nSPS) is 11.7. The van der Waals surface area contributed by atoms with Crippen LogP contribution in [0.25, 0.3) is 16.9 Å². The lowest BCUT2D eigenvalue weighted by Gasteiger charge is -2.24. The number of benzene rings is 2. The van der Waals surface area contributed by atoms with E-state index in [0.717, 1.165) is 34.3 Å². The van der Waals surface area contributed by atoms with Crippen LogP contribution in [0.1, 0.15) is 42.3 Å². The van der Waals surface area contributed by atoms with Gasteiger partial charge in [0.15, 0.2) is 5.75 Å². The van der Waals surface area contributed by atoms with Gasteiger partial charge < -0.3 is 14.6 Å². The predicted octanol–water partition coefficient (Wildman–Crippen LogP) is 5.17. The van der Waals surface area contributed by atoms with Crippen LogP contribution in [0.3, 0.4) is 0 Å². The molecule has 38 heavy (non-hydrogen) atoms. The number of nitrogens with one attached hydrogen (secondary N) is 2. The van der Waals surface area contributed by atoms with Gasteiger partial charge in [-0.1, -0.05) is 26.8 Å². The Morgan fingerprint density at radius 3 is 2.45 bits per heavy atom. The van der Waals surface area contributed by atoms with Gasteiger partial charge in [0.2, 0.25) is 10.0 Å². The van der Waals surface area contributed by atoms with Crippen LogP contribution in [0.2, 0.25) is 0 Å². The number of rotatable bonds is 7. The average molecular weight is 534 g/mol. The second-order valence-corrected chi connectivity index (χ2v) is 11.8. The first-order valence-electron chi connectivity index (χ1n) is 11.9. The number of carbonyl (C=O) groups is 1. The molecule has 2 heterocycles. The van der Waals surface area contributed by atoms with E-state index in [1.54, 1.807) is 43.0 Å². The van der Waals surface area contributed by atoms with Crippen LogP contribution in [0.15, 0.2) is 67.4 Å². The molecule has 0 spiro atoms. The molecule has 2 N–H and O–H groups in total. The Morgan fingerprint density at radius 1 is 1.08 bits per heavy atom. The van der Waals surface area contributed by atoms with E-state index in [1.165, 1.54) is 7.11 Å². The fourth-order valence-electron chi connectivity index (χ4n) is 3.99. The second kappa shape index (κ2) is 10.3. The van der Waals surface area contributed by atoms with Crippen LogP contribution in [0.5, 0.6) is 5.75 Å². The number of pyridine rings is 1. The van der Waals surface area contributed by atoms with Crippen molar-refractivity contribution in [2.75, 3.05) is 23.4 Å². The number of aryl methyl sites for hydroxylation is 1. The molecule has 4 rings (SSSR count). The molecule has 0 unspecified atom stereocenters. The van der Waals surface area contributed by atoms with Gasteiger partial charge in [-0.05, 0) is 59.9 Å². The summed E-state index contributed by atoms with van der Waals surface area (Å²) in [5, 5.41) is 2.91. The molecule has 1 amide bonds. The lowest BCUT2D eigenvalue weighted by atomic mass is 9.86. The molecular weight excluding hydrogens is 502 g/mol. The van der Waals surface area contributed by atoms with Crippen molar-refractivity contribution in [3.05, 3.63) is 84.1 Å². The number of aromatic nitrogens is 3. The van der Waals surface area contributed by atoms with Crippen molar-refractivity contribution in [2.24, 2.45) is 0 Å². The molecule has 0 bridgehead atoms. The maximum Gasteiger partial charge on any atom is 0.255 e. The Morgan fingerprint density at radius 2 is 1.82 bits per heavy atom. The van der Waals surface area contributed by atoms with Crippen molar-refractivity contribution in [1.82, 2.24) is 14.5 Å². The summed E-state index contributed by atoms with van der Waals surface area (Å²) in [6, 6.07) is 12.7. The fraction of sp³-hybridized carbons (Fsp3) is 0.250. The minimum atomic E-state index is -3.58. The maximum atomic E-state index is 13.4. The van der Waals surface area contributed by atoms with Gasteiger partial charge in [-0.15, -0.1) is 0 Å². The molecule has 2 aromatic carbocycles. The molecule has 0 aliphatic carbocycles. The van der Waals surface area contributed by atoms with Crippen molar-refractivity contribution in [1.29, 1.82) is 0 Å². The Balaban J connectivity index is 1.70. The number of methoxy groups -OCH3 is 1. The van der Waals surface area contributed by atoms with Crippen molar-refractivity contribution in [3.8, 4) is 22.7 Å². The fourth-order valence-corrected chi connectivity index (χ4v) is 4.54. The predicted molar refractivity (Wildman–Crippen MR) is 150 cm³/mol. The van der Waals surface area contributed by atoms with Gasteiger partial charge in [0, 0.05) is 29.7 Å². The number of anilines is 2. The number of hydrogen-bond acceptors (Lipinski definition) is 6. The molecule has 0 saturated heterocycles. The van der Waals surface area contributed by atoms with Gasteiger partial charge in [-0.3, -0.25) is 14.5 Å². The van der Waals surface area contributed by atoms with Crippen molar-refractivity contribution < 1.29 is 17.9 Å². The van der Waals surface area contributed by atoms with Crippen molar-refractivity contribution in [2.45, 2.75) is 33.1 Å². The van der Waals surface area contributed by atoms with Gasteiger partial charge in [0.05, 0.1) is 42.4 Å². The molecule has 0 fully saturated rings. The molecule has 0 saturated carbocycles. The average Bonchev–Trinajstić information content (AvgIpc) is 3.33. The van der Waals surface area contributed by atoms with Crippen LogP contribution in [-0.4, -0.2) is 42.2 Å². The van der Waals surface area contributed by atoms with E-state index in [1.807, 2.05) is 56.7 Å². The third-order valence-electron chi connectivity index (χ3n) is 5.99. The summed E-state index contributed by atoms with van der Waals surface area (Å²) in [6.45, 7) is 7.96. The zero-order chi connectivity index (χ0) is 27.7.